The molecule has 0 spiro atoms. The van der Waals surface area contributed by atoms with Gasteiger partial charge in [-0.2, -0.15) is 0 Å². The average Bonchev–Trinajstić information content (AvgIpc) is 3.54. The van der Waals surface area contributed by atoms with E-state index in [1.54, 1.807) is 0 Å². The van der Waals surface area contributed by atoms with E-state index in [1.807, 2.05) is 0 Å². The van der Waals surface area contributed by atoms with E-state index >= 15 is 0 Å². The number of hydrogen-bond acceptors (Lipinski definition) is 1. The lowest BCUT2D eigenvalue weighted by atomic mass is 9.97. The number of benzene rings is 9. The fourth-order valence-electron chi connectivity index (χ4n) is 7.91. The third kappa shape index (κ3) is 4.43. The first kappa shape index (κ1) is 28.4. The van der Waals surface area contributed by atoms with Crippen LogP contribution in [0.4, 0.5) is 17.1 Å². The van der Waals surface area contributed by atoms with Crippen LogP contribution in [0.15, 0.2) is 194 Å². The molecule has 1 heterocycles. The van der Waals surface area contributed by atoms with Gasteiger partial charge < -0.3 is 9.47 Å². The molecule has 0 fully saturated rings. The van der Waals surface area contributed by atoms with Crippen LogP contribution in [0.2, 0.25) is 0 Å². The molecule has 0 amide bonds. The molecule has 9 aromatic carbocycles. The standard InChI is InChI=1S/C48H32N2/c1-2-14-33(15-3-1)39-19-10-12-24-45(39)49(47-32-35-17-5-6-18-38(35)41-21-8-9-22-42(41)47)36-27-29-37(30-28-36)50-46-25-13-11-23-43(46)44-31-26-34-16-4-7-20-40(34)48(44)50/h1-32H. The summed E-state index contributed by atoms with van der Waals surface area (Å²) in [6, 6.07) is 70.5. The largest absolute Gasteiger partial charge is 0.309 e. The highest BCUT2D eigenvalue weighted by molar-refractivity contribution is 6.19. The Labute approximate surface area is 290 Å². The fraction of sp³-hybridized carbons (Fsp3) is 0. The third-order valence-corrected chi connectivity index (χ3v) is 10.1. The van der Waals surface area contributed by atoms with E-state index in [2.05, 4.69) is 204 Å². The number of aromatic nitrogens is 1. The van der Waals surface area contributed by atoms with Crippen LogP contribution in [0.1, 0.15) is 0 Å². The molecule has 0 saturated heterocycles. The van der Waals surface area contributed by atoms with Gasteiger partial charge in [-0.1, -0.05) is 152 Å². The molecule has 234 valence electrons. The van der Waals surface area contributed by atoms with E-state index in [0.717, 1.165) is 22.7 Å². The maximum atomic E-state index is 2.45. The molecule has 50 heavy (non-hydrogen) atoms. The number of fused-ring (bicyclic) bond motifs is 8. The lowest BCUT2D eigenvalue weighted by molar-refractivity contribution is 1.18. The second-order valence-electron chi connectivity index (χ2n) is 12.9. The van der Waals surface area contributed by atoms with Crippen molar-refractivity contribution in [2.45, 2.75) is 0 Å². The van der Waals surface area contributed by atoms with Crippen LogP contribution in [-0.4, -0.2) is 4.57 Å². The molecule has 0 bridgehead atoms. The van der Waals surface area contributed by atoms with Gasteiger partial charge in [0.25, 0.3) is 0 Å². The summed E-state index contributed by atoms with van der Waals surface area (Å²) in [6.07, 6.45) is 0. The molecule has 10 aromatic rings. The number of nitrogens with zero attached hydrogens (tertiary/aromatic N) is 2. The fourth-order valence-corrected chi connectivity index (χ4v) is 7.91. The predicted molar refractivity (Wildman–Crippen MR) is 213 cm³/mol. The monoisotopic (exact) mass is 636 g/mol. The number of hydrogen-bond donors (Lipinski definition) is 0. The van der Waals surface area contributed by atoms with Gasteiger partial charge in [0, 0.05) is 38.5 Å². The number of rotatable bonds is 5. The quantitative estimate of drug-likeness (QED) is 0.171. The second kappa shape index (κ2) is 11.5. The molecule has 1 aromatic heterocycles. The van der Waals surface area contributed by atoms with E-state index in [1.165, 1.54) is 65.3 Å². The van der Waals surface area contributed by atoms with Gasteiger partial charge in [0.15, 0.2) is 0 Å². The van der Waals surface area contributed by atoms with Crippen molar-refractivity contribution in [1.82, 2.24) is 4.57 Å². The van der Waals surface area contributed by atoms with Crippen molar-refractivity contribution in [1.29, 1.82) is 0 Å². The van der Waals surface area contributed by atoms with Crippen molar-refractivity contribution >= 4 is 71.2 Å². The molecule has 0 N–H and O–H groups in total. The van der Waals surface area contributed by atoms with Crippen molar-refractivity contribution in [3.63, 3.8) is 0 Å². The highest BCUT2D eigenvalue weighted by Crippen LogP contribution is 2.46. The SMILES string of the molecule is c1ccc(-c2ccccc2N(c2ccc(-n3c4ccccc4c4ccc5ccccc5c43)cc2)c2cc3ccccc3c3ccccc23)cc1. The molecule has 0 aliphatic rings. The minimum Gasteiger partial charge on any atom is -0.309 e. The summed E-state index contributed by atoms with van der Waals surface area (Å²) in [5.74, 6) is 0. The molecule has 0 saturated carbocycles. The van der Waals surface area contributed by atoms with Gasteiger partial charge in [0.1, 0.15) is 0 Å². The van der Waals surface area contributed by atoms with Crippen LogP contribution in [0.5, 0.6) is 0 Å². The minimum absolute atomic E-state index is 1.10. The van der Waals surface area contributed by atoms with Gasteiger partial charge in [-0.25, -0.2) is 0 Å². The van der Waals surface area contributed by atoms with Crippen LogP contribution < -0.4 is 4.90 Å². The summed E-state index contributed by atoms with van der Waals surface area (Å²) < 4.78 is 2.43. The molecule has 0 aliphatic heterocycles. The van der Waals surface area contributed by atoms with Gasteiger partial charge >= 0.3 is 0 Å². The van der Waals surface area contributed by atoms with Crippen molar-refractivity contribution in [2.75, 3.05) is 4.90 Å². The predicted octanol–water partition coefficient (Wildman–Crippen LogP) is 13.4. The Morgan fingerprint density at radius 3 is 1.80 bits per heavy atom. The Morgan fingerprint density at radius 2 is 0.980 bits per heavy atom. The first-order chi connectivity index (χ1) is 24.8. The summed E-state index contributed by atoms with van der Waals surface area (Å²) in [5.41, 5.74) is 9.34. The van der Waals surface area contributed by atoms with Crippen molar-refractivity contribution < 1.29 is 0 Å². The van der Waals surface area contributed by atoms with Crippen LogP contribution in [0.3, 0.4) is 0 Å². The highest BCUT2D eigenvalue weighted by atomic mass is 15.1. The average molecular weight is 637 g/mol. The number of para-hydroxylation sites is 2. The summed E-state index contributed by atoms with van der Waals surface area (Å²) in [6.45, 7) is 0. The topological polar surface area (TPSA) is 8.17 Å². The summed E-state index contributed by atoms with van der Waals surface area (Å²) in [5, 5.41) is 9.97. The van der Waals surface area contributed by atoms with E-state index in [9.17, 15) is 0 Å². The van der Waals surface area contributed by atoms with Gasteiger partial charge in [-0.15, -0.1) is 0 Å². The zero-order chi connectivity index (χ0) is 33.0. The summed E-state index contributed by atoms with van der Waals surface area (Å²) in [4.78, 5) is 2.45. The Balaban J connectivity index is 1.24. The Morgan fingerprint density at radius 1 is 0.360 bits per heavy atom. The molecule has 10 rings (SSSR count). The van der Waals surface area contributed by atoms with E-state index in [4.69, 9.17) is 0 Å². The van der Waals surface area contributed by atoms with E-state index in [0.29, 0.717) is 0 Å². The highest BCUT2D eigenvalue weighted by Gasteiger charge is 2.21. The zero-order valence-corrected chi connectivity index (χ0v) is 27.4. The van der Waals surface area contributed by atoms with Gasteiger partial charge in [0.2, 0.25) is 0 Å². The molecular weight excluding hydrogens is 605 g/mol. The van der Waals surface area contributed by atoms with Crippen LogP contribution in [0.25, 0.3) is 70.9 Å². The van der Waals surface area contributed by atoms with E-state index < -0.39 is 0 Å². The van der Waals surface area contributed by atoms with Gasteiger partial charge in [0.05, 0.1) is 22.4 Å². The number of anilines is 3. The molecule has 0 radical (unpaired) electrons. The lowest BCUT2D eigenvalue weighted by Gasteiger charge is -2.30. The van der Waals surface area contributed by atoms with Gasteiger partial charge in [-0.05, 0) is 69.6 Å². The molecule has 2 heteroatoms. The molecule has 2 nitrogen and oxygen atoms in total. The Bertz CT molecular complexity index is 2860. The maximum absolute atomic E-state index is 2.45. The molecule has 0 aliphatic carbocycles. The Kier molecular flexibility index (Phi) is 6.53. The first-order valence-corrected chi connectivity index (χ1v) is 17.2. The van der Waals surface area contributed by atoms with Crippen molar-refractivity contribution in [3.8, 4) is 16.8 Å². The maximum Gasteiger partial charge on any atom is 0.0619 e. The smallest absolute Gasteiger partial charge is 0.0619 e. The normalized spacial score (nSPS) is 11.6. The second-order valence-corrected chi connectivity index (χ2v) is 12.9. The van der Waals surface area contributed by atoms with Crippen LogP contribution in [-0.2, 0) is 0 Å². The third-order valence-electron chi connectivity index (χ3n) is 10.1. The van der Waals surface area contributed by atoms with E-state index in [-0.39, 0.29) is 0 Å². The van der Waals surface area contributed by atoms with Crippen molar-refractivity contribution in [3.05, 3.63) is 194 Å². The van der Waals surface area contributed by atoms with Gasteiger partial charge in [-0.3, -0.25) is 0 Å². The lowest BCUT2D eigenvalue weighted by Crippen LogP contribution is -2.12. The summed E-state index contributed by atoms with van der Waals surface area (Å²) >= 11 is 0. The first-order valence-electron chi connectivity index (χ1n) is 17.2. The van der Waals surface area contributed by atoms with Crippen LogP contribution in [0, 0.1) is 0 Å². The van der Waals surface area contributed by atoms with Crippen LogP contribution >= 0.6 is 0 Å². The molecule has 0 atom stereocenters. The minimum atomic E-state index is 1.10. The summed E-state index contributed by atoms with van der Waals surface area (Å²) in [7, 11) is 0. The van der Waals surface area contributed by atoms with Crippen molar-refractivity contribution in [2.24, 2.45) is 0 Å². The molecular formula is C48H32N2. The zero-order valence-electron chi connectivity index (χ0n) is 27.4. The Hall–Kier alpha value is -6.64. The molecule has 0 unspecified atom stereocenters.